The summed E-state index contributed by atoms with van der Waals surface area (Å²) in [6, 6.07) is 5.98. The van der Waals surface area contributed by atoms with Crippen LogP contribution in [-0.4, -0.2) is 53.5 Å². The highest BCUT2D eigenvalue weighted by Crippen LogP contribution is 2.19. The van der Waals surface area contributed by atoms with Crippen molar-refractivity contribution in [3.05, 3.63) is 39.9 Å². The summed E-state index contributed by atoms with van der Waals surface area (Å²) in [5.74, 6) is 0. The van der Waals surface area contributed by atoms with E-state index in [-0.39, 0.29) is 17.8 Å². The van der Waals surface area contributed by atoms with Crippen molar-refractivity contribution in [3.63, 3.8) is 0 Å². The molecule has 0 aliphatic carbocycles. The summed E-state index contributed by atoms with van der Waals surface area (Å²) < 4.78 is 0. The lowest BCUT2D eigenvalue weighted by atomic mass is 10.1. The van der Waals surface area contributed by atoms with Gasteiger partial charge in [-0.1, -0.05) is 19.1 Å². The van der Waals surface area contributed by atoms with Gasteiger partial charge in [0.15, 0.2) is 0 Å². The molecular formula is C15H22N4O3. The van der Waals surface area contributed by atoms with Crippen LogP contribution in [0.25, 0.3) is 0 Å². The molecule has 0 saturated carbocycles. The number of urea groups is 1. The van der Waals surface area contributed by atoms with Crippen LogP contribution < -0.4 is 5.32 Å². The third-order valence-corrected chi connectivity index (χ3v) is 4.03. The number of nitro groups is 1. The Morgan fingerprint density at radius 2 is 2.05 bits per heavy atom. The van der Waals surface area contributed by atoms with Crippen LogP contribution >= 0.6 is 0 Å². The average Bonchev–Trinajstić information content (AvgIpc) is 2.54. The number of nitrogens with zero attached hydrogens (tertiary/aromatic N) is 3. The number of carbonyl (C=O) groups excluding carboxylic acids is 1. The zero-order chi connectivity index (χ0) is 16.1. The Balaban J connectivity index is 1.94. The molecule has 0 radical (unpaired) electrons. The van der Waals surface area contributed by atoms with Crippen molar-refractivity contribution in [1.29, 1.82) is 0 Å². The summed E-state index contributed by atoms with van der Waals surface area (Å²) in [6.07, 6.45) is 0. The molecule has 1 heterocycles. The molecule has 2 rings (SSSR count). The van der Waals surface area contributed by atoms with Gasteiger partial charge < -0.3 is 15.1 Å². The maximum absolute atomic E-state index is 12.3. The molecule has 2 amide bonds. The number of amides is 2. The van der Waals surface area contributed by atoms with Crippen LogP contribution in [0.3, 0.4) is 0 Å². The summed E-state index contributed by atoms with van der Waals surface area (Å²) in [6.45, 7) is 8.13. The summed E-state index contributed by atoms with van der Waals surface area (Å²) in [5.41, 5.74) is 0.768. The normalized spacial score (nSPS) is 17.1. The van der Waals surface area contributed by atoms with Crippen molar-refractivity contribution < 1.29 is 9.72 Å². The SMILES string of the molecule is CCN1CCN(C(=O)NC(C)c2cccc([N+](=O)[O-])c2)CC1. The number of hydrogen-bond donors (Lipinski definition) is 1. The first kappa shape index (κ1) is 16.2. The number of nitro benzene ring substituents is 1. The molecule has 1 aliphatic rings. The zero-order valence-electron chi connectivity index (χ0n) is 13.0. The van der Waals surface area contributed by atoms with Gasteiger partial charge in [0.1, 0.15) is 0 Å². The summed E-state index contributed by atoms with van der Waals surface area (Å²) in [7, 11) is 0. The highest BCUT2D eigenvalue weighted by Gasteiger charge is 2.22. The van der Waals surface area contributed by atoms with Crippen molar-refractivity contribution in [3.8, 4) is 0 Å². The van der Waals surface area contributed by atoms with E-state index in [2.05, 4.69) is 17.1 Å². The molecule has 22 heavy (non-hydrogen) atoms. The largest absolute Gasteiger partial charge is 0.331 e. The Labute approximate surface area is 130 Å². The second kappa shape index (κ2) is 7.22. The van der Waals surface area contributed by atoms with Crippen molar-refractivity contribution in [2.75, 3.05) is 32.7 Å². The number of carbonyl (C=O) groups is 1. The van der Waals surface area contributed by atoms with Gasteiger partial charge in [-0.2, -0.15) is 0 Å². The molecule has 1 saturated heterocycles. The molecule has 0 aromatic heterocycles. The quantitative estimate of drug-likeness (QED) is 0.681. The third kappa shape index (κ3) is 3.94. The van der Waals surface area contributed by atoms with Gasteiger partial charge in [0.05, 0.1) is 11.0 Å². The van der Waals surface area contributed by atoms with Crippen LogP contribution in [0.15, 0.2) is 24.3 Å². The molecule has 7 heteroatoms. The van der Waals surface area contributed by atoms with Crippen molar-refractivity contribution in [2.45, 2.75) is 19.9 Å². The first-order valence-corrected chi connectivity index (χ1v) is 7.53. The molecule has 1 aromatic carbocycles. The number of non-ortho nitro benzene ring substituents is 1. The fourth-order valence-corrected chi connectivity index (χ4v) is 2.53. The van der Waals surface area contributed by atoms with Crippen LogP contribution in [0.4, 0.5) is 10.5 Å². The predicted molar refractivity (Wildman–Crippen MR) is 83.7 cm³/mol. The zero-order valence-corrected chi connectivity index (χ0v) is 13.0. The Morgan fingerprint density at radius 3 is 2.64 bits per heavy atom. The van der Waals surface area contributed by atoms with E-state index in [4.69, 9.17) is 0 Å². The summed E-state index contributed by atoms with van der Waals surface area (Å²) in [5, 5.41) is 13.7. The number of rotatable bonds is 4. The summed E-state index contributed by atoms with van der Waals surface area (Å²) in [4.78, 5) is 26.7. The number of hydrogen-bond acceptors (Lipinski definition) is 4. The molecule has 120 valence electrons. The van der Waals surface area contributed by atoms with Gasteiger partial charge in [-0.3, -0.25) is 10.1 Å². The molecule has 1 unspecified atom stereocenters. The van der Waals surface area contributed by atoms with Crippen LogP contribution in [0.2, 0.25) is 0 Å². The van der Waals surface area contributed by atoms with Gasteiger partial charge in [0, 0.05) is 38.3 Å². The Bertz CT molecular complexity index is 541. The molecular weight excluding hydrogens is 284 g/mol. The lowest BCUT2D eigenvalue weighted by molar-refractivity contribution is -0.384. The standard InChI is InChI=1S/C15H22N4O3/c1-3-17-7-9-18(10-8-17)15(20)16-12(2)13-5-4-6-14(11-13)19(21)22/h4-6,11-12H,3,7-10H2,1-2H3,(H,16,20). The maximum atomic E-state index is 12.3. The Morgan fingerprint density at radius 1 is 1.36 bits per heavy atom. The number of benzene rings is 1. The number of piperazine rings is 1. The fourth-order valence-electron chi connectivity index (χ4n) is 2.53. The van der Waals surface area contributed by atoms with E-state index >= 15 is 0 Å². The van der Waals surface area contributed by atoms with Crippen LogP contribution in [0.5, 0.6) is 0 Å². The van der Waals surface area contributed by atoms with E-state index in [0.717, 1.165) is 25.2 Å². The van der Waals surface area contributed by atoms with Gasteiger partial charge in [-0.15, -0.1) is 0 Å². The maximum Gasteiger partial charge on any atom is 0.317 e. The molecule has 7 nitrogen and oxygen atoms in total. The van der Waals surface area contributed by atoms with Crippen LogP contribution in [-0.2, 0) is 0 Å². The van der Waals surface area contributed by atoms with Crippen molar-refractivity contribution in [1.82, 2.24) is 15.1 Å². The lowest BCUT2D eigenvalue weighted by Gasteiger charge is -2.34. The minimum absolute atomic E-state index is 0.0372. The molecule has 0 spiro atoms. The van der Waals surface area contributed by atoms with E-state index in [1.54, 1.807) is 17.0 Å². The molecule has 0 bridgehead atoms. The van der Waals surface area contributed by atoms with Gasteiger partial charge in [0.25, 0.3) is 5.69 Å². The summed E-state index contributed by atoms with van der Waals surface area (Å²) >= 11 is 0. The van der Waals surface area contributed by atoms with E-state index in [0.29, 0.717) is 13.1 Å². The van der Waals surface area contributed by atoms with Crippen LogP contribution in [0, 0.1) is 10.1 Å². The smallest absolute Gasteiger partial charge is 0.317 e. The highest BCUT2D eigenvalue weighted by molar-refractivity contribution is 5.74. The lowest BCUT2D eigenvalue weighted by Crippen LogP contribution is -2.51. The van der Waals surface area contributed by atoms with Crippen molar-refractivity contribution in [2.24, 2.45) is 0 Å². The van der Waals surface area contributed by atoms with Gasteiger partial charge >= 0.3 is 6.03 Å². The van der Waals surface area contributed by atoms with Crippen molar-refractivity contribution >= 4 is 11.7 Å². The Kier molecular flexibility index (Phi) is 5.32. The second-order valence-corrected chi connectivity index (χ2v) is 5.44. The molecule has 1 aromatic rings. The minimum atomic E-state index is -0.429. The topological polar surface area (TPSA) is 78.7 Å². The van der Waals surface area contributed by atoms with Gasteiger partial charge in [-0.05, 0) is 19.0 Å². The van der Waals surface area contributed by atoms with E-state index < -0.39 is 4.92 Å². The van der Waals surface area contributed by atoms with E-state index in [9.17, 15) is 14.9 Å². The first-order chi connectivity index (χ1) is 10.5. The first-order valence-electron chi connectivity index (χ1n) is 7.53. The predicted octanol–water partition coefficient (Wildman–Crippen LogP) is 2.00. The minimum Gasteiger partial charge on any atom is -0.331 e. The number of likely N-dealkylation sites (N-methyl/N-ethyl adjacent to an activating group) is 1. The molecule has 1 N–H and O–H groups in total. The Hall–Kier alpha value is -2.15. The highest BCUT2D eigenvalue weighted by atomic mass is 16.6. The van der Waals surface area contributed by atoms with E-state index in [1.165, 1.54) is 12.1 Å². The molecule has 1 aliphatic heterocycles. The van der Waals surface area contributed by atoms with Gasteiger partial charge in [0.2, 0.25) is 0 Å². The fraction of sp³-hybridized carbons (Fsp3) is 0.533. The second-order valence-electron chi connectivity index (χ2n) is 5.44. The third-order valence-electron chi connectivity index (χ3n) is 4.03. The van der Waals surface area contributed by atoms with Crippen LogP contribution in [0.1, 0.15) is 25.5 Å². The monoisotopic (exact) mass is 306 g/mol. The number of nitrogens with one attached hydrogen (secondary N) is 1. The average molecular weight is 306 g/mol. The van der Waals surface area contributed by atoms with Gasteiger partial charge in [-0.25, -0.2) is 4.79 Å². The molecule has 1 fully saturated rings. The van der Waals surface area contributed by atoms with E-state index in [1.807, 2.05) is 6.92 Å². The molecule has 1 atom stereocenters.